The second kappa shape index (κ2) is 6.79. The van der Waals surface area contributed by atoms with Crippen LogP contribution in [0.4, 0.5) is 5.69 Å². The van der Waals surface area contributed by atoms with Crippen LogP contribution in [-0.2, 0) is 10.0 Å². The molecular formula is C16H28N2O2S. The summed E-state index contributed by atoms with van der Waals surface area (Å²) < 4.78 is 27.9. The van der Waals surface area contributed by atoms with E-state index in [0.717, 1.165) is 0 Å². The Balaban J connectivity index is 3.03. The lowest BCUT2D eigenvalue weighted by Crippen LogP contribution is -2.34. The predicted octanol–water partition coefficient (Wildman–Crippen LogP) is 3.09. The van der Waals surface area contributed by atoms with E-state index in [0.29, 0.717) is 46.0 Å². The first-order valence-corrected chi connectivity index (χ1v) is 8.91. The maximum atomic E-state index is 12.6. The number of hydrogen-bond donors (Lipinski definition) is 2. The Hall–Kier alpha value is -1.07. The molecule has 5 heteroatoms. The molecule has 0 bridgehead atoms. The van der Waals surface area contributed by atoms with Crippen LogP contribution in [0, 0.1) is 31.6 Å². The van der Waals surface area contributed by atoms with Crippen LogP contribution in [0.5, 0.6) is 0 Å². The van der Waals surface area contributed by atoms with E-state index in [1.807, 2.05) is 0 Å². The monoisotopic (exact) mass is 312 g/mol. The topological polar surface area (TPSA) is 72.2 Å². The molecule has 0 fully saturated rings. The fourth-order valence-electron chi connectivity index (χ4n) is 2.93. The van der Waals surface area contributed by atoms with Crippen LogP contribution in [0.15, 0.2) is 17.0 Å². The molecule has 120 valence electrons. The van der Waals surface area contributed by atoms with Crippen molar-refractivity contribution in [3.8, 4) is 0 Å². The number of aryl methyl sites for hydroxylation is 2. The van der Waals surface area contributed by atoms with Gasteiger partial charge in [-0.2, -0.15) is 0 Å². The highest BCUT2D eigenvalue weighted by atomic mass is 32.2. The van der Waals surface area contributed by atoms with Gasteiger partial charge in [0.15, 0.2) is 0 Å². The van der Waals surface area contributed by atoms with Crippen molar-refractivity contribution in [3.63, 3.8) is 0 Å². The van der Waals surface area contributed by atoms with Crippen molar-refractivity contribution in [1.82, 2.24) is 4.72 Å². The smallest absolute Gasteiger partial charge is 0.241 e. The third kappa shape index (κ3) is 4.45. The van der Waals surface area contributed by atoms with Crippen LogP contribution >= 0.6 is 0 Å². The van der Waals surface area contributed by atoms with Gasteiger partial charge in [-0.05, 0) is 54.9 Å². The molecule has 1 rings (SSSR count). The van der Waals surface area contributed by atoms with Gasteiger partial charge in [0, 0.05) is 12.2 Å². The van der Waals surface area contributed by atoms with Gasteiger partial charge in [0.2, 0.25) is 10.0 Å². The fraction of sp³-hybridized carbons (Fsp3) is 0.625. The molecule has 0 spiro atoms. The van der Waals surface area contributed by atoms with Gasteiger partial charge in [-0.25, -0.2) is 13.1 Å². The van der Waals surface area contributed by atoms with E-state index in [1.54, 1.807) is 26.0 Å². The molecule has 0 aliphatic rings. The van der Waals surface area contributed by atoms with Crippen LogP contribution < -0.4 is 10.5 Å². The summed E-state index contributed by atoms with van der Waals surface area (Å²) in [6, 6.07) is 3.40. The SMILES string of the molecule is Cc1cc(N)cc(C)c1S(=O)(=O)NCC(C(C)C)C(C)C. The zero-order valence-corrected chi connectivity index (χ0v) is 14.7. The maximum Gasteiger partial charge on any atom is 0.241 e. The molecule has 0 aromatic heterocycles. The van der Waals surface area contributed by atoms with Gasteiger partial charge >= 0.3 is 0 Å². The number of nitrogens with two attached hydrogens (primary N) is 1. The molecule has 21 heavy (non-hydrogen) atoms. The molecule has 0 aliphatic carbocycles. The molecule has 1 aromatic rings. The molecule has 0 saturated heterocycles. The highest BCUT2D eigenvalue weighted by Gasteiger charge is 2.24. The molecule has 0 amide bonds. The summed E-state index contributed by atoms with van der Waals surface area (Å²) in [5, 5.41) is 0. The minimum absolute atomic E-state index is 0.314. The lowest BCUT2D eigenvalue weighted by molar-refractivity contribution is 0.289. The molecule has 0 atom stereocenters. The van der Waals surface area contributed by atoms with Crippen LogP contribution in [0.1, 0.15) is 38.8 Å². The van der Waals surface area contributed by atoms with Gasteiger partial charge in [-0.15, -0.1) is 0 Å². The van der Waals surface area contributed by atoms with Crippen LogP contribution in [-0.4, -0.2) is 15.0 Å². The van der Waals surface area contributed by atoms with E-state index in [-0.39, 0.29) is 0 Å². The number of anilines is 1. The number of sulfonamides is 1. The Bertz CT molecular complexity index is 561. The van der Waals surface area contributed by atoms with Gasteiger partial charge in [-0.1, -0.05) is 27.7 Å². The van der Waals surface area contributed by atoms with E-state index in [1.165, 1.54) is 0 Å². The Labute approximate surface area is 129 Å². The quantitative estimate of drug-likeness (QED) is 0.793. The molecule has 3 N–H and O–H groups in total. The average Bonchev–Trinajstić information content (AvgIpc) is 2.25. The molecule has 0 radical (unpaired) electrons. The van der Waals surface area contributed by atoms with Crippen LogP contribution in [0.3, 0.4) is 0 Å². The zero-order chi connectivity index (χ0) is 16.4. The summed E-state index contributed by atoms with van der Waals surface area (Å²) in [5.41, 5.74) is 7.72. The van der Waals surface area contributed by atoms with Gasteiger partial charge in [0.1, 0.15) is 0 Å². The van der Waals surface area contributed by atoms with E-state index in [4.69, 9.17) is 5.73 Å². The lowest BCUT2D eigenvalue weighted by Gasteiger charge is -2.25. The Kier molecular flexibility index (Phi) is 5.82. The molecule has 0 aliphatic heterocycles. The number of hydrogen-bond acceptors (Lipinski definition) is 3. The largest absolute Gasteiger partial charge is 0.399 e. The number of benzene rings is 1. The third-order valence-electron chi connectivity index (χ3n) is 3.97. The summed E-state index contributed by atoms with van der Waals surface area (Å²) in [6.07, 6.45) is 0. The highest BCUT2D eigenvalue weighted by Crippen LogP contribution is 2.24. The van der Waals surface area contributed by atoms with E-state index >= 15 is 0 Å². The van der Waals surface area contributed by atoms with Crippen molar-refractivity contribution in [3.05, 3.63) is 23.3 Å². The van der Waals surface area contributed by atoms with Crippen molar-refractivity contribution >= 4 is 15.7 Å². The minimum atomic E-state index is -3.51. The van der Waals surface area contributed by atoms with E-state index in [2.05, 4.69) is 32.4 Å². The number of nitrogen functional groups attached to an aromatic ring is 1. The first kappa shape index (κ1) is 18.0. The first-order valence-electron chi connectivity index (χ1n) is 7.42. The second-order valence-electron chi connectivity index (χ2n) is 6.49. The minimum Gasteiger partial charge on any atom is -0.399 e. The fourth-order valence-corrected chi connectivity index (χ4v) is 4.45. The summed E-state index contributed by atoms with van der Waals surface area (Å²) in [5.74, 6) is 1.18. The average molecular weight is 312 g/mol. The Morgan fingerprint density at radius 2 is 1.48 bits per heavy atom. The standard InChI is InChI=1S/C16H28N2O2S/c1-10(2)15(11(3)4)9-18-21(19,20)16-12(5)7-14(17)8-13(16)6/h7-8,10-11,15,18H,9,17H2,1-6H3. The van der Waals surface area contributed by atoms with Crippen molar-refractivity contribution in [2.45, 2.75) is 46.4 Å². The second-order valence-corrected chi connectivity index (χ2v) is 8.19. The lowest BCUT2D eigenvalue weighted by atomic mass is 9.86. The Morgan fingerprint density at radius 1 is 1.05 bits per heavy atom. The normalized spacial score (nSPS) is 12.6. The number of nitrogens with one attached hydrogen (secondary N) is 1. The summed E-state index contributed by atoms with van der Waals surface area (Å²) in [7, 11) is -3.51. The van der Waals surface area contributed by atoms with Gasteiger partial charge in [0.05, 0.1) is 4.90 Å². The molecule has 4 nitrogen and oxygen atoms in total. The van der Waals surface area contributed by atoms with E-state index in [9.17, 15) is 8.42 Å². The number of rotatable bonds is 6. The van der Waals surface area contributed by atoms with Crippen molar-refractivity contribution in [2.75, 3.05) is 12.3 Å². The molecule has 0 saturated carbocycles. The zero-order valence-electron chi connectivity index (χ0n) is 13.9. The van der Waals surface area contributed by atoms with Crippen molar-refractivity contribution in [1.29, 1.82) is 0 Å². The maximum absolute atomic E-state index is 12.6. The highest BCUT2D eigenvalue weighted by molar-refractivity contribution is 7.89. The van der Waals surface area contributed by atoms with Crippen LogP contribution in [0.25, 0.3) is 0 Å². The van der Waals surface area contributed by atoms with Crippen molar-refractivity contribution < 1.29 is 8.42 Å². The van der Waals surface area contributed by atoms with Gasteiger partial charge in [0.25, 0.3) is 0 Å². The third-order valence-corrected chi connectivity index (χ3v) is 5.70. The van der Waals surface area contributed by atoms with E-state index < -0.39 is 10.0 Å². The Morgan fingerprint density at radius 3 is 1.86 bits per heavy atom. The van der Waals surface area contributed by atoms with Gasteiger partial charge < -0.3 is 5.73 Å². The van der Waals surface area contributed by atoms with Crippen LogP contribution in [0.2, 0.25) is 0 Å². The molecule has 0 unspecified atom stereocenters. The molecule has 1 aromatic carbocycles. The summed E-state index contributed by atoms with van der Waals surface area (Å²) >= 11 is 0. The summed E-state index contributed by atoms with van der Waals surface area (Å²) in [4.78, 5) is 0.350. The first-order chi connectivity index (χ1) is 9.56. The molecular weight excluding hydrogens is 284 g/mol. The van der Waals surface area contributed by atoms with Gasteiger partial charge in [-0.3, -0.25) is 0 Å². The van der Waals surface area contributed by atoms with Crippen molar-refractivity contribution in [2.24, 2.45) is 17.8 Å². The predicted molar refractivity (Wildman–Crippen MR) is 88.7 cm³/mol. The molecule has 0 heterocycles. The summed E-state index contributed by atoms with van der Waals surface area (Å²) in [6.45, 7) is 12.5.